The summed E-state index contributed by atoms with van der Waals surface area (Å²) in [6.45, 7) is -0.243. The number of carbonyl (C=O) groups excluding carboxylic acids is 2. The Morgan fingerprint density at radius 1 is 0.981 bits per heavy atom. The van der Waals surface area contributed by atoms with Gasteiger partial charge in [-0.3, -0.25) is 15.0 Å². The minimum atomic E-state index is -5.18. The van der Waals surface area contributed by atoms with Crippen LogP contribution in [0.15, 0.2) is 76.0 Å². The number of aromatic nitrogens is 4. The monoisotopic (exact) mass is 770 g/mol. The van der Waals surface area contributed by atoms with Gasteiger partial charge in [0.15, 0.2) is 5.82 Å². The van der Waals surface area contributed by atoms with Crippen molar-refractivity contribution >= 4 is 40.8 Å². The molecule has 4 aromatic rings. The summed E-state index contributed by atoms with van der Waals surface area (Å²) in [5.74, 6) is -7.02. The smallest absolute Gasteiger partial charge is 0.508 e. The van der Waals surface area contributed by atoms with Crippen molar-refractivity contribution < 1.29 is 45.8 Å². The largest absolute Gasteiger partial charge is 0.573 e. The van der Waals surface area contributed by atoms with Crippen LogP contribution in [0.1, 0.15) is 35.1 Å². The lowest BCUT2D eigenvalue weighted by Gasteiger charge is -2.49. The highest BCUT2D eigenvalue weighted by Gasteiger charge is 2.69. The lowest BCUT2D eigenvalue weighted by molar-refractivity contribution is -0.274. The number of benzene rings is 2. The zero-order chi connectivity index (χ0) is 37.7. The van der Waals surface area contributed by atoms with E-state index in [1.54, 1.807) is 0 Å². The fourth-order valence-corrected chi connectivity index (χ4v) is 7.79. The van der Waals surface area contributed by atoms with Crippen LogP contribution in [-0.4, -0.2) is 47.2 Å². The second-order valence-electron chi connectivity index (χ2n) is 12.3. The number of fused-ring (bicyclic) bond motifs is 4. The number of phenols is 1. The normalized spacial score (nSPS) is 22.8. The van der Waals surface area contributed by atoms with Crippen LogP contribution < -0.4 is 21.5 Å². The number of phenolic OH excluding ortho intramolecular Hbond substituents is 1. The van der Waals surface area contributed by atoms with E-state index in [4.69, 9.17) is 23.2 Å². The Kier molecular flexibility index (Phi) is 8.06. The Labute approximate surface area is 297 Å². The molecule has 2 amide bonds. The molecule has 3 aliphatic rings. The average molecular weight is 771 g/mol. The number of hydrazine groups is 1. The van der Waals surface area contributed by atoms with Gasteiger partial charge in [0.05, 0.1) is 34.5 Å². The van der Waals surface area contributed by atoms with Crippen LogP contribution in [0.25, 0.3) is 0 Å². The summed E-state index contributed by atoms with van der Waals surface area (Å²) in [5, 5.41) is 11.4. The minimum absolute atomic E-state index is 0.102. The maximum absolute atomic E-state index is 15.1. The summed E-state index contributed by atoms with van der Waals surface area (Å²) >= 11 is 12.3. The fourth-order valence-electron chi connectivity index (χ4n) is 7.46. The first-order valence-corrected chi connectivity index (χ1v) is 15.9. The van der Waals surface area contributed by atoms with Crippen molar-refractivity contribution in [2.45, 2.75) is 42.9 Å². The van der Waals surface area contributed by atoms with Crippen LogP contribution in [-0.2, 0) is 34.8 Å². The summed E-state index contributed by atoms with van der Waals surface area (Å²) in [5.41, 5.74) is -2.48. The number of aromatic hydroxyl groups is 1. The number of nitrogens with one attached hydrogen (secondary N) is 1. The van der Waals surface area contributed by atoms with E-state index in [0.717, 1.165) is 32.1 Å². The maximum atomic E-state index is 15.1. The molecular formula is C32H22Cl2F6N6O6. The van der Waals surface area contributed by atoms with E-state index in [1.165, 1.54) is 37.4 Å². The lowest BCUT2D eigenvalue weighted by atomic mass is 9.53. The van der Waals surface area contributed by atoms with Gasteiger partial charge in [0.25, 0.3) is 11.8 Å². The van der Waals surface area contributed by atoms with E-state index in [2.05, 4.69) is 15.1 Å². The number of hydrogen-bond acceptors (Lipinski definition) is 8. The summed E-state index contributed by atoms with van der Waals surface area (Å²) < 4.78 is 87.6. The number of amides is 2. The lowest BCUT2D eigenvalue weighted by Crippen LogP contribution is -2.53. The van der Waals surface area contributed by atoms with Crippen molar-refractivity contribution in [3.63, 3.8) is 0 Å². The van der Waals surface area contributed by atoms with Crippen molar-refractivity contribution in [2.24, 2.45) is 13.0 Å². The Morgan fingerprint density at radius 2 is 1.67 bits per heavy atom. The summed E-state index contributed by atoms with van der Waals surface area (Å²) in [7, 11) is 1.22. The Morgan fingerprint density at radius 3 is 2.31 bits per heavy atom. The predicted molar refractivity (Wildman–Crippen MR) is 170 cm³/mol. The van der Waals surface area contributed by atoms with Gasteiger partial charge in [0, 0.05) is 29.7 Å². The van der Waals surface area contributed by atoms with Crippen molar-refractivity contribution in [2.75, 3.05) is 5.43 Å². The highest BCUT2D eigenvalue weighted by Crippen LogP contribution is 2.63. The molecule has 1 aliphatic carbocycles. The molecule has 2 N–H and O–H groups in total. The van der Waals surface area contributed by atoms with Gasteiger partial charge in [-0.2, -0.15) is 18.2 Å². The fraction of sp³-hybridized carbons (Fsp3) is 0.281. The minimum Gasteiger partial charge on any atom is -0.508 e. The number of imide groups is 1. The van der Waals surface area contributed by atoms with E-state index in [9.17, 15) is 45.8 Å². The number of anilines is 1. The van der Waals surface area contributed by atoms with Gasteiger partial charge in [-0.25, -0.2) is 28.5 Å². The number of rotatable bonds is 5. The van der Waals surface area contributed by atoms with Gasteiger partial charge in [0.2, 0.25) is 0 Å². The molecule has 4 atom stereocenters. The SMILES string of the molecule is Cn1c(=O)n2n(c1=O)[C@@H]1C[C@H]3C(=O)N(Nc4ncc(C(F)(F)F)cc4Cl)C(=O)[C@@]3(c3ccc(Cl)cc3)[C@@H](c3cc(OC(F)(F)F)ccc3O)C1=CC2. The Balaban J connectivity index is 1.49. The van der Waals surface area contributed by atoms with E-state index in [0.29, 0.717) is 17.3 Å². The first-order valence-electron chi connectivity index (χ1n) is 15.1. The number of halogens is 8. The van der Waals surface area contributed by atoms with E-state index in [1.807, 2.05) is 0 Å². The quantitative estimate of drug-likeness (QED) is 0.159. The van der Waals surface area contributed by atoms with Crippen molar-refractivity contribution in [3.05, 3.63) is 114 Å². The van der Waals surface area contributed by atoms with Crippen LogP contribution in [0.5, 0.6) is 11.5 Å². The summed E-state index contributed by atoms with van der Waals surface area (Å²) in [6.07, 6.45) is -8.44. The Bertz CT molecular complexity index is 2320. The molecule has 0 bridgehead atoms. The third kappa shape index (κ3) is 5.34. The molecule has 1 saturated heterocycles. The number of nitrogens with zero attached hydrogens (tertiary/aromatic N) is 5. The number of alkyl halides is 6. The molecule has 20 heteroatoms. The molecule has 1 saturated carbocycles. The Hall–Kier alpha value is -5.23. The number of hydrogen-bond donors (Lipinski definition) is 2. The zero-order valence-corrected chi connectivity index (χ0v) is 27.7. The molecule has 0 radical (unpaired) electrons. The second kappa shape index (κ2) is 11.9. The van der Waals surface area contributed by atoms with Gasteiger partial charge in [-0.15, -0.1) is 13.2 Å². The molecule has 7 rings (SSSR count). The molecule has 4 heterocycles. The van der Waals surface area contributed by atoms with Crippen molar-refractivity contribution in [1.29, 1.82) is 0 Å². The van der Waals surface area contributed by atoms with Crippen LogP contribution in [0.2, 0.25) is 10.0 Å². The molecule has 2 aliphatic heterocycles. The highest BCUT2D eigenvalue weighted by atomic mass is 35.5. The molecule has 2 aromatic heterocycles. The van der Waals surface area contributed by atoms with Gasteiger partial charge in [-0.05, 0) is 54.0 Å². The van der Waals surface area contributed by atoms with Gasteiger partial charge < -0.3 is 9.84 Å². The first-order chi connectivity index (χ1) is 24.3. The molecule has 2 aromatic carbocycles. The topological polar surface area (TPSA) is 141 Å². The molecule has 12 nitrogen and oxygen atoms in total. The van der Waals surface area contributed by atoms with Gasteiger partial charge >= 0.3 is 23.9 Å². The van der Waals surface area contributed by atoms with Crippen LogP contribution in [0.3, 0.4) is 0 Å². The second-order valence-corrected chi connectivity index (χ2v) is 13.1. The highest BCUT2D eigenvalue weighted by molar-refractivity contribution is 6.33. The average Bonchev–Trinajstić information content (AvgIpc) is 3.42. The zero-order valence-electron chi connectivity index (χ0n) is 26.2. The standard InChI is InChI=1S/C32H22Cl2F6N6O6/c1-43-28(50)44-9-8-18-22(46(44)29(43)51)12-20-26(48)45(42-25-21(34)10-15(13-41-25)31(35,36)37)27(49)30(20,14-2-4-16(33)5-3-14)24(18)19-11-17(6-7-23(19)47)52-32(38,39)40/h2-8,10-11,13,20,22,24,47H,9,12H2,1H3,(H,41,42)/t20-,22+,24+,30+/m0/s1. The van der Waals surface area contributed by atoms with Gasteiger partial charge in [0.1, 0.15) is 11.5 Å². The molecule has 272 valence electrons. The van der Waals surface area contributed by atoms with Gasteiger partial charge in [-0.1, -0.05) is 41.4 Å². The molecule has 0 unspecified atom stereocenters. The van der Waals surface area contributed by atoms with Crippen molar-refractivity contribution in [1.82, 2.24) is 23.9 Å². The van der Waals surface area contributed by atoms with E-state index >= 15 is 4.79 Å². The number of carbonyl (C=O) groups is 2. The van der Waals surface area contributed by atoms with E-state index in [-0.39, 0.29) is 34.7 Å². The third-order valence-electron chi connectivity index (χ3n) is 9.56. The van der Waals surface area contributed by atoms with Crippen LogP contribution >= 0.6 is 23.2 Å². The maximum Gasteiger partial charge on any atom is 0.573 e. The molecule has 0 spiro atoms. The number of pyridine rings is 1. The van der Waals surface area contributed by atoms with Crippen molar-refractivity contribution in [3.8, 4) is 11.5 Å². The number of ether oxygens (including phenoxy) is 1. The molecular weight excluding hydrogens is 749 g/mol. The van der Waals surface area contributed by atoms with Crippen LogP contribution in [0.4, 0.5) is 32.2 Å². The number of allylic oxidation sites excluding steroid dienone is 2. The molecule has 2 fully saturated rings. The molecule has 52 heavy (non-hydrogen) atoms. The van der Waals surface area contributed by atoms with E-state index < -0.39 is 86.9 Å². The van der Waals surface area contributed by atoms with Crippen LogP contribution in [0, 0.1) is 5.92 Å². The summed E-state index contributed by atoms with van der Waals surface area (Å²) in [4.78, 5) is 59.8. The first kappa shape index (κ1) is 35.2. The third-order valence-corrected chi connectivity index (χ3v) is 10.1. The predicted octanol–water partition coefficient (Wildman–Crippen LogP) is 5.29. The summed E-state index contributed by atoms with van der Waals surface area (Å²) in [6, 6.07) is 7.55.